The Balaban J connectivity index is 2.20. The molecule has 0 bridgehead atoms. The van der Waals surface area contributed by atoms with Gasteiger partial charge in [-0.2, -0.15) is 11.8 Å². The van der Waals surface area contributed by atoms with Crippen LogP contribution in [0.15, 0.2) is 5.38 Å². The van der Waals surface area contributed by atoms with Crippen LogP contribution in [0.3, 0.4) is 0 Å². The standard InChI is InChI=1S/C8H15N3S2/c9-2-1-3-12-5-7-6-13-8(4-10)11-7/h6H,1-5,9-10H2. The number of hydrogen-bond acceptors (Lipinski definition) is 5. The van der Waals surface area contributed by atoms with Gasteiger partial charge in [0.15, 0.2) is 0 Å². The van der Waals surface area contributed by atoms with Crippen LogP contribution in [0.2, 0.25) is 0 Å². The molecule has 0 saturated heterocycles. The van der Waals surface area contributed by atoms with Crippen LogP contribution in [0.5, 0.6) is 0 Å². The van der Waals surface area contributed by atoms with E-state index in [1.165, 1.54) is 0 Å². The molecule has 0 fully saturated rings. The highest BCUT2D eigenvalue weighted by molar-refractivity contribution is 7.98. The largest absolute Gasteiger partial charge is 0.330 e. The lowest BCUT2D eigenvalue weighted by Crippen LogP contribution is -1.99. The molecule has 5 heteroatoms. The van der Waals surface area contributed by atoms with Gasteiger partial charge in [-0.3, -0.25) is 0 Å². The summed E-state index contributed by atoms with van der Waals surface area (Å²) in [6.07, 6.45) is 1.08. The first-order valence-corrected chi connectivity index (χ1v) is 6.31. The second-order valence-corrected chi connectivity index (χ2v) is 4.68. The second kappa shape index (κ2) is 6.37. The maximum atomic E-state index is 5.46. The highest BCUT2D eigenvalue weighted by Gasteiger charge is 1.99. The maximum Gasteiger partial charge on any atom is 0.106 e. The molecule has 0 unspecified atom stereocenters. The van der Waals surface area contributed by atoms with Gasteiger partial charge in [-0.25, -0.2) is 4.98 Å². The van der Waals surface area contributed by atoms with E-state index in [2.05, 4.69) is 10.4 Å². The predicted molar refractivity (Wildman–Crippen MR) is 59.8 cm³/mol. The van der Waals surface area contributed by atoms with Gasteiger partial charge in [-0.1, -0.05) is 0 Å². The van der Waals surface area contributed by atoms with Crippen molar-refractivity contribution in [3.05, 3.63) is 16.1 Å². The quantitative estimate of drug-likeness (QED) is 0.702. The molecule has 0 aliphatic rings. The van der Waals surface area contributed by atoms with Gasteiger partial charge in [0.1, 0.15) is 5.01 Å². The third kappa shape index (κ3) is 4.08. The van der Waals surface area contributed by atoms with E-state index in [0.29, 0.717) is 6.54 Å². The first kappa shape index (κ1) is 11.0. The molecule has 4 N–H and O–H groups in total. The van der Waals surface area contributed by atoms with E-state index in [0.717, 1.165) is 35.2 Å². The van der Waals surface area contributed by atoms with Crippen LogP contribution in [0.1, 0.15) is 17.1 Å². The lowest BCUT2D eigenvalue weighted by Gasteiger charge is -1.96. The zero-order valence-corrected chi connectivity index (χ0v) is 9.16. The van der Waals surface area contributed by atoms with Crippen molar-refractivity contribution < 1.29 is 0 Å². The molecular weight excluding hydrogens is 202 g/mol. The SMILES string of the molecule is NCCCSCc1csc(CN)n1. The van der Waals surface area contributed by atoms with Crippen LogP contribution in [0.4, 0.5) is 0 Å². The topological polar surface area (TPSA) is 64.9 Å². The molecule has 0 spiro atoms. The monoisotopic (exact) mass is 217 g/mol. The molecule has 0 atom stereocenters. The third-order valence-electron chi connectivity index (χ3n) is 1.52. The highest BCUT2D eigenvalue weighted by Crippen LogP contribution is 2.15. The van der Waals surface area contributed by atoms with Crippen molar-refractivity contribution in [3.8, 4) is 0 Å². The minimum Gasteiger partial charge on any atom is -0.330 e. The van der Waals surface area contributed by atoms with Gasteiger partial charge in [0.2, 0.25) is 0 Å². The predicted octanol–water partition coefficient (Wildman–Crippen LogP) is 1.18. The van der Waals surface area contributed by atoms with Gasteiger partial charge in [-0.05, 0) is 18.7 Å². The first-order valence-electron chi connectivity index (χ1n) is 4.28. The Bertz CT molecular complexity index is 237. The van der Waals surface area contributed by atoms with Gasteiger partial charge >= 0.3 is 0 Å². The molecule has 1 aromatic heterocycles. The summed E-state index contributed by atoms with van der Waals surface area (Å²) in [5.74, 6) is 2.10. The summed E-state index contributed by atoms with van der Waals surface area (Å²) < 4.78 is 0. The molecule has 0 saturated carbocycles. The van der Waals surface area contributed by atoms with Gasteiger partial charge < -0.3 is 11.5 Å². The van der Waals surface area contributed by atoms with Crippen LogP contribution in [0, 0.1) is 0 Å². The first-order chi connectivity index (χ1) is 6.36. The molecule has 74 valence electrons. The fourth-order valence-corrected chi connectivity index (χ4v) is 2.52. The van der Waals surface area contributed by atoms with Crippen molar-refractivity contribution in [1.29, 1.82) is 0 Å². The molecule has 1 heterocycles. The zero-order chi connectivity index (χ0) is 9.52. The van der Waals surface area contributed by atoms with Gasteiger partial charge in [0.05, 0.1) is 5.69 Å². The van der Waals surface area contributed by atoms with E-state index in [1.807, 2.05) is 11.8 Å². The maximum absolute atomic E-state index is 5.46. The number of thiazole rings is 1. The van der Waals surface area contributed by atoms with Gasteiger partial charge in [0.25, 0.3) is 0 Å². The van der Waals surface area contributed by atoms with Crippen molar-refractivity contribution in [2.75, 3.05) is 12.3 Å². The summed E-state index contributed by atoms with van der Waals surface area (Å²) in [6.45, 7) is 1.33. The molecule has 0 aliphatic heterocycles. The average Bonchev–Trinajstić information content (AvgIpc) is 2.60. The third-order valence-corrected chi connectivity index (χ3v) is 3.51. The average molecular weight is 217 g/mol. The van der Waals surface area contributed by atoms with E-state index in [-0.39, 0.29) is 0 Å². The van der Waals surface area contributed by atoms with Crippen molar-refractivity contribution in [2.45, 2.75) is 18.7 Å². The second-order valence-electron chi connectivity index (χ2n) is 2.63. The minimum atomic E-state index is 0.554. The van der Waals surface area contributed by atoms with Crippen LogP contribution in [-0.4, -0.2) is 17.3 Å². The van der Waals surface area contributed by atoms with E-state index in [9.17, 15) is 0 Å². The summed E-state index contributed by atoms with van der Waals surface area (Å²) >= 11 is 3.52. The van der Waals surface area contributed by atoms with Crippen molar-refractivity contribution in [3.63, 3.8) is 0 Å². The Morgan fingerprint density at radius 3 is 2.92 bits per heavy atom. The zero-order valence-electron chi connectivity index (χ0n) is 7.53. The van der Waals surface area contributed by atoms with Gasteiger partial charge in [0, 0.05) is 17.7 Å². The number of nitrogens with zero attached hydrogens (tertiary/aromatic N) is 1. The van der Waals surface area contributed by atoms with E-state index < -0.39 is 0 Å². The lowest BCUT2D eigenvalue weighted by atomic mass is 10.5. The number of rotatable bonds is 6. The van der Waals surface area contributed by atoms with Crippen LogP contribution in [-0.2, 0) is 12.3 Å². The van der Waals surface area contributed by atoms with Crippen molar-refractivity contribution >= 4 is 23.1 Å². The fraction of sp³-hybridized carbons (Fsp3) is 0.625. The number of hydrogen-bond donors (Lipinski definition) is 2. The Hall–Kier alpha value is -0.100. The summed E-state index contributed by atoms with van der Waals surface area (Å²) in [4.78, 5) is 4.37. The molecule has 0 radical (unpaired) electrons. The van der Waals surface area contributed by atoms with Crippen LogP contribution >= 0.6 is 23.1 Å². The Labute approximate surface area is 86.9 Å². The minimum absolute atomic E-state index is 0.554. The van der Waals surface area contributed by atoms with E-state index in [4.69, 9.17) is 11.5 Å². The molecule has 0 aliphatic carbocycles. The lowest BCUT2D eigenvalue weighted by molar-refractivity contribution is 0.942. The molecule has 3 nitrogen and oxygen atoms in total. The summed E-state index contributed by atoms with van der Waals surface area (Å²) in [6, 6.07) is 0. The van der Waals surface area contributed by atoms with Crippen molar-refractivity contribution in [1.82, 2.24) is 4.98 Å². The summed E-state index contributed by atoms with van der Waals surface area (Å²) in [5.41, 5.74) is 12.0. The fourth-order valence-electron chi connectivity index (χ4n) is 0.871. The normalized spacial score (nSPS) is 10.6. The molecular formula is C8H15N3S2. The molecule has 0 aromatic carbocycles. The Morgan fingerprint density at radius 2 is 2.31 bits per heavy atom. The molecule has 1 rings (SSSR count). The Kier molecular flexibility index (Phi) is 5.38. The number of aromatic nitrogens is 1. The van der Waals surface area contributed by atoms with E-state index >= 15 is 0 Å². The van der Waals surface area contributed by atoms with Crippen LogP contribution < -0.4 is 11.5 Å². The molecule has 13 heavy (non-hydrogen) atoms. The smallest absolute Gasteiger partial charge is 0.106 e. The Morgan fingerprint density at radius 1 is 1.46 bits per heavy atom. The number of thioether (sulfide) groups is 1. The highest BCUT2D eigenvalue weighted by atomic mass is 32.2. The van der Waals surface area contributed by atoms with E-state index in [1.54, 1.807) is 11.3 Å². The molecule has 0 amide bonds. The summed E-state index contributed by atoms with van der Waals surface area (Å²) in [7, 11) is 0. The van der Waals surface area contributed by atoms with Gasteiger partial charge in [-0.15, -0.1) is 11.3 Å². The van der Waals surface area contributed by atoms with Crippen LogP contribution in [0.25, 0.3) is 0 Å². The molecule has 1 aromatic rings. The number of nitrogens with two attached hydrogens (primary N) is 2. The van der Waals surface area contributed by atoms with Crippen molar-refractivity contribution in [2.24, 2.45) is 11.5 Å². The summed E-state index contributed by atoms with van der Waals surface area (Å²) in [5, 5.41) is 3.10.